The fourth-order valence-corrected chi connectivity index (χ4v) is 3.10. The molecule has 0 fully saturated rings. The van der Waals surface area contributed by atoms with E-state index in [-0.39, 0.29) is 23.6 Å². The number of nitrogens with zero attached hydrogens (tertiary/aromatic N) is 3. The summed E-state index contributed by atoms with van der Waals surface area (Å²) in [5, 5.41) is 18.6. The molecule has 0 aliphatic rings. The van der Waals surface area contributed by atoms with Crippen LogP contribution in [0.1, 0.15) is 28.9 Å². The smallest absolute Gasteiger partial charge is 0.254 e. The summed E-state index contributed by atoms with van der Waals surface area (Å²) in [6.07, 6.45) is 2.21. The quantitative estimate of drug-likeness (QED) is 0.386. The van der Waals surface area contributed by atoms with Gasteiger partial charge in [-0.2, -0.15) is 5.26 Å². The molecule has 0 aliphatic heterocycles. The van der Waals surface area contributed by atoms with Crippen molar-refractivity contribution in [3.8, 4) is 11.8 Å². The lowest BCUT2D eigenvalue weighted by Crippen LogP contribution is -2.77. The maximum absolute atomic E-state index is 14.0. The largest absolute Gasteiger partial charge is 0.482 e. The van der Waals surface area contributed by atoms with Crippen molar-refractivity contribution in [2.75, 3.05) is 26.4 Å². The molecule has 1 heterocycles. The number of halogens is 2. The number of pyridine rings is 1. The zero-order valence-electron chi connectivity index (χ0n) is 17.3. The van der Waals surface area contributed by atoms with E-state index in [0.717, 1.165) is 0 Å². The van der Waals surface area contributed by atoms with E-state index in [4.69, 9.17) is 21.1 Å². The first-order valence-corrected chi connectivity index (χ1v) is 10.1. The van der Waals surface area contributed by atoms with Gasteiger partial charge in [0.2, 0.25) is 5.70 Å². The van der Waals surface area contributed by atoms with Crippen molar-refractivity contribution in [3.63, 3.8) is 0 Å². The molecular formula is C21H23BrFN6O2+. The van der Waals surface area contributed by atoms with Crippen LogP contribution in [0.3, 0.4) is 0 Å². The number of nitriles is 1. The number of carbonyl (C=O) groups is 1. The SMILES string of the molecule is C[NH2+]C(C#N)=CC(=N)CN(C)C(=O)c1ccc(F)cc1C(C)Oc1cc(Br)cnc1N. The summed E-state index contributed by atoms with van der Waals surface area (Å²) >= 11 is 3.29. The van der Waals surface area contributed by atoms with Crippen molar-refractivity contribution >= 4 is 33.4 Å². The lowest BCUT2D eigenvalue weighted by molar-refractivity contribution is -0.569. The lowest BCUT2D eigenvalue weighted by Gasteiger charge is -2.22. The van der Waals surface area contributed by atoms with Gasteiger partial charge in [-0.1, -0.05) is 0 Å². The molecule has 5 N–H and O–H groups in total. The number of nitrogen functional groups attached to an aromatic ring is 1. The van der Waals surface area contributed by atoms with E-state index >= 15 is 0 Å². The van der Waals surface area contributed by atoms with Gasteiger partial charge >= 0.3 is 0 Å². The Labute approximate surface area is 188 Å². The highest BCUT2D eigenvalue weighted by Crippen LogP contribution is 2.30. The molecule has 31 heavy (non-hydrogen) atoms. The number of hydrogen-bond acceptors (Lipinski definition) is 6. The van der Waals surface area contributed by atoms with Crippen LogP contribution in [0.5, 0.6) is 5.75 Å². The van der Waals surface area contributed by atoms with E-state index in [9.17, 15) is 9.18 Å². The van der Waals surface area contributed by atoms with Gasteiger partial charge in [0.05, 0.1) is 19.3 Å². The van der Waals surface area contributed by atoms with Crippen LogP contribution in [-0.2, 0) is 0 Å². The van der Waals surface area contributed by atoms with Gasteiger partial charge in [0, 0.05) is 34.9 Å². The summed E-state index contributed by atoms with van der Waals surface area (Å²) in [4.78, 5) is 18.4. The Morgan fingerprint density at radius 2 is 2.23 bits per heavy atom. The average Bonchev–Trinajstić information content (AvgIpc) is 2.73. The number of ether oxygens (including phenoxy) is 1. The van der Waals surface area contributed by atoms with Crippen molar-refractivity contribution in [1.29, 1.82) is 10.7 Å². The summed E-state index contributed by atoms with van der Waals surface area (Å²) in [7, 11) is 3.22. The Morgan fingerprint density at radius 1 is 1.52 bits per heavy atom. The second-order valence-corrected chi connectivity index (χ2v) is 7.63. The van der Waals surface area contributed by atoms with Crippen LogP contribution in [0.25, 0.3) is 0 Å². The Bertz CT molecular complexity index is 1070. The molecule has 2 aromatic rings. The number of nitrogens with one attached hydrogen (secondary N) is 1. The monoisotopic (exact) mass is 489 g/mol. The van der Waals surface area contributed by atoms with E-state index in [0.29, 0.717) is 21.5 Å². The fraction of sp³-hybridized carbons (Fsp3) is 0.238. The molecule has 0 spiro atoms. The minimum Gasteiger partial charge on any atom is -0.482 e. The first kappa shape index (κ1) is 24.0. The highest BCUT2D eigenvalue weighted by molar-refractivity contribution is 9.10. The summed E-state index contributed by atoms with van der Waals surface area (Å²) in [6, 6.07) is 7.41. The van der Waals surface area contributed by atoms with Crippen LogP contribution in [0, 0.1) is 22.6 Å². The van der Waals surface area contributed by atoms with Gasteiger partial charge in [-0.05, 0) is 47.1 Å². The molecule has 8 nitrogen and oxygen atoms in total. The van der Waals surface area contributed by atoms with Crippen molar-refractivity contribution in [2.24, 2.45) is 0 Å². The Morgan fingerprint density at radius 3 is 2.87 bits per heavy atom. The number of allylic oxidation sites excluding steroid dienone is 1. The van der Waals surface area contributed by atoms with Crippen LogP contribution in [0.4, 0.5) is 10.2 Å². The zero-order valence-corrected chi connectivity index (χ0v) is 18.9. The number of benzene rings is 1. The van der Waals surface area contributed by atoms with Gasteiger partial charge in [-0.3, -0.25) is 4.79 Å². The van der Waals surface area contributed by atoms with Gasteiger partial charge in [-0.25, -0.2) is 9.37 Å². The third kappa shape index (κ3) is 6.34. The number of quaternary nitrogens is 1. The molecule has 0 bridgehead atoms. The molecule has 2 rings (SSSR count). The zero-order chi connectivity index (χ0) is 23.1. The van der Waals surface area contributed by atoms with E-state index in [1.165, 1.54) is 42.4 Å². The normalized spacial score (nSPS) is 12.1. The van der Waals surface area contributed by atoms with E-state index in [1.807, 2.05) is 6.07 Å². The minimum absolute atomic E-state index is 0.0214. The summed E-state index contributed by atoms with van der Waals surface area (Å²) in [5.74, 6) is -0.469. The lowest BCUT2D eigenvalue weighted by atomic mass is 10.0. The van der Waals surface area contributed by atoms with Gasteiger partial charge < -0.3 is 26.1 Å². The number of amides is 1. The Hall–Kier alpha value is -3.29. The van der Waals surface area contributed by atoms with Crippen molar-refractivity contribution in [1.82, 2.24) is 9.88 Å². The van der Waals surface area contributed by atoms with Gasteiger partial charge in [-0.15, -0.1) is 0 Å². The van der Waals surface area contributed by atoms with E-state index in [2.05, 4.69) is 20.9 Å². The van der Waals surface area contributed by atoms with Crippen LogP contribution in [-0.4, -0.2) is 42.1 Å². The van der Waals surface area contributed by atoms with Crippen LogP contribution in [0.2, 0.25) is 0 Å². The number of nitrogens with two attached hydrogens (primary N) is 2. The third-order valence-electron chi connectivity index (χ3n) is 4.36. The molecule has 1 unspecified atom stereocenters. The third-order valence-corrected chi connectivity index (χ3v) is 4.79. The van der Waals surface area contributed by atoms with Gasteiger partial charge in [0.25, 0.3) is 5.91 Å². The Balaban J connectivity index is 2.28. The summed E-state index contributed by atoms with van der Waals surface area (Å²) in [5.41, 5.74) is 6.83. The first-order valence-electron chi connectivity index (χ1n) is 9.27. The molecule has 0 aliphatic carbocycles. The first-order chi connectivity index (χ1) is 14.7. The summed E-state index contributed by atoms with van der Waals surface area (Å²) < 4.78 is 20.5. The number of carbonyl (C=O) groups excluding carboxylic acids is 1. The highest BCUT2D eigenvalue weighted by Gasteiger charge is 2.22. The van der Waals surface area contributed by atoms with E-state index < -0.39 is 17.8 Å². The molecule has 0 radical (unpaired) electrons. The molecule has 1 aromatic carbocycles. The second kappa shape index (κ2) is 10.7. The molecule has 10 heteroatoms. The van der Waals surface area contributed by atoms with E-state index in [1.54, 1.807) is 25.4 Å². The average molecular weight is 490 g/mol. The van der Waals surface area contributed by atoms with Crippen molar-refractivity contribution in [2.45, 2.75) is 13.0 Å². The number of anilines is 1. The molecule has 1 atom stereocenters. The molecular weight excluding hydrogens is 467 g/mol. The number of hydrogen-bond donors (Lipinski definition) is 3. The van der Waals surface area contributed by atoms with Crippen molar-refractivity contribution < 1.29 is 19.2 Å². The van der Waals surface area contributed by atoms with Crippen LogP contribution in [0.15, 0.2) is 46.7 Å². The minimum atomic E-state index is -0.708. The number of rotatable bonds is 8. The second-order valence-electron chi connectivity index (χ2n) is 6.72. The number of aromatic nitrogens is 1. The molecule has 0 saturated heterocycles. The van der Waals surface area contributed by atoms with Gasteiger partial charge in [0.1, 0.15) is 11.9 Å². The standard InChI is InChI=1S/C21H22BrFN6O2/c1-12(31-19-6-13(22)10-28-20(19)26)18-7-14(23)4-5-17(18)21(30)29(3)11-15(25)8-16(9-24)27-2/h4-8,10,12,25,27H,11H2,1-3H3,(H2,26,28)/p+1. The van der Waals surface area contributed by atoms with Gasteiger partial charge in [0.15, 0.2) is 17.6 Å². The Kier molecular flexibility index (Phi) is 8.24. The van der Waals surface area contributed by atoms with Crippen molar-refractivity contribution in [3.05, 3.63) is 63.7 Å². The fourth-order valence-electron chi connectivity index (χ4n) is 2.79. The molecule has 1 amide bonds. The molecule has 162 valence electrons. The maximum Gasteiger partial charge on any atom is 0.254 e. The van der Waals surface area contributed by atoms with Crippen LogP contribution < -0.4 is 15.8 Å². The summed E-state index contributed by atoms with van der Waals surface area (Å²) in [6.45, 7) is 1.65. The predicted octanol–water partition coefficient (Wildman–Crippen LogP) is 2.40. The molecule has 1 aromatic heterocycles. The van der Waals surface area contributed by atoms with Crippen LogP contribution >= 0.6 is 15.9 Å². The maximum atomic E-state index is 14.0. The topological polar surface area (TPSA) is 133 Å². The predicted molar refractivity (Wildman–Crippen MR) is 118 cm³/mol. The highest BCUT2D eigenvalue weighted by atomic mass is 79.9. The molecule has 0 saturated carbocycles.